The molecule has 4 nitrogen and oxygen atoms in total. The van der Waals surface area contributed by atoms with E-state index in [2.05, 4.69) is 46.4 Å². The highest BCUT2D eigenvalue weighted by Gasteiger charge is 2.20. The second kappa shape index (κ2) is 7.43. The number of aromatic nitrogens is 2. The molecule has 19 heavy (non-hydrogen) atoms. The van der Waals surface area contributed by atoms with Gasteiger partial charge in [-0.15, -0.1) is 5.10 Å². The van der Waals surface area contributed by atoms with Gasteiger partial charge in [-0.05, 0) is 50.8 Å². The zero-order valence-electron chi connectivity index (χ0n) is 12.2. The molecule has 106 valence electrons. The van der Waals surface area contributed by atoms with E-state index in [9.17, 15) is 0 Å². The maximum absolute atomic E-state index is 4.38. The fraction of sp³-hybridized carbons (Fsp3) is 0.733. The fourth-order valence-electron chi connectivity index (χ4n) is 2.38. The molecule has 1 aromatic rings. The molecule has 0 atom stereocenters. The van der Waals surface area contributed by atoms with Crippen LogP contribution in [0.25, 0.3) is 0 Å². The Kier molecular flexibility index (Phi) is 5.58. The summed E-state index contributed by atoms with van der Waals surface area (Å²) in [7, 11) is 0. The van der Waals surface area contributed by atoms with E-state index in [1.165, 1.54) is 19.3 Å². The Morgan fingerprint density at radius 3 is 2.63 bits per heavy atom. The van der Waals surface area contributed by atoms with Gasteiger partial charge in [0.25, 0.3) is 0 Å². The lowest BCUT2D eigenvalue weighted by Crippen LogP contribution is -2.33. The minimum absolute atomic E-state index is 0.815. The molecule has 0 aromatic carbocycles. The molecule has 1 aliphatic carbocycles. The van der Waals surface area contributed by atoms with Crippen LogP contribution >= 0.6 is 0 Å². The van der Waals surface area contributed by atoms with E-state index < -0.39 is 0 Å². The Morgan fingerprint density at radius 2 is 2.11 bits per heavy atom. The van der Waals surface area contributed by atoms with Crippen molar-refractivity contribution in [3.63, 3.8) is 0 Å². The molecule has 1 aliphatic rings. The number of anilines is 1. The summed E-state index contributed by atoms with van der Waals surface area (Å²) in [6, 6.07) is 4.20. The molecule has 1 heterocycles. The summed E-state index contributed by atoms with van der Waals surface area (Å²) in [5.41, 5.74) is 1.02. The molecule has 0 unspecified atom stereocenters. The van der Waals surface area contributed by atoms with E-state index in [0.717, 1.165) is 50.0 Å². The van der Waals surface area contributed by atoms with Gasteiger partial charge in [-0.3, -0.25) is 0 Å². The van der Waals surface area contributed by atoms with Crippen molar-refractivity contribution >= 4 is 5.82 Å². The molecule has 4 heteroatoms. The van der Waals surface area contributed by atoms with Crippen LogP contribution in [0.3, 0.4) is 0 Å². The van der Waals surface area contributed by atoms with Crippen LogP contribution in [0.2, 0.25) is 0 Å². The molecule has 0 bridgehead atoms. The standard InChI is InChI=1S/C15H26N4/c1-3-10-16-11-14-8-9-15(18-17-14)19(4-2)12-13-6-5-7-13/h8-9,13,16H,3-7,10-12H2,1-2H3. The van der Waals surface area contributed by atoms with Gasteiger partial charge in [0.15, 0.2) is 5.82 Å². The highest BCUT2D eigenvalue weighted by Crippen LogP contribution is 2.28. The molecule has 0 saturated heterocycles. The van der Waals surface area contributed by atoms with Gasteiger partial charge >= 0.3 is 0 Å². The Morgan fingerprint density at radius 1 is 1.26 bits per heavy atom. The van der Waals surface area contributed by atoms with Crippen LogP contribution in [0.15, 0.2) is 12.1 Å². The summed E-state index contributed by atoms with van der Waals surface area (Å²) < 4.78 is 0. The fourth-order valence-corrected chi connectivity index (χ4v) is 2.38. The second-order valence-electron chi connectivity index (χ2n) is 5.40. The first kappa shape index (κ1) is 14.3. The zero-order valence-corrected chi connectivity index (χ0v) is 12.2. The van der Waals surface area contributed by atoms with Gasteiger partial charge in [-0.25, -0.2) is 0 Å². The van der Waals surface area contributed by atoms with Crippen molar-refractivity contribution in [2.45, 2.75) is 46.1 Å². The Hall–Kier alpha value is -1.16. The highest BCUT2D eigenvalue weighted by atomic mass is 15.3. The van der Waals surface area contributed by atoms with Crippen LogP contribution in [-0.4, -0.2) is 29.8 Å². The summed E-state index contributed by atoms with van der Waals surface area (Å²) in [6.45, 7) is 8.36. The number of nitrogens with one attached hydrogen (secondary N) is 1. The van der Waals surface area contributed by atoms with E-state index in [0.29, 0.717) is 0 Å². The first-order chi connectivity index (χ1) is 9.33. The van der Waals surface area contributed by atoms with E-state index in [1.807, 2.05) is 0 Å². The molecule has 2 rings (SSSR count). The molecule has 0 aliphatic heterocycles. The van der Waals surface area contributed by atoms with Gasteiger partial charge in [-0.2, -0.15) is 5.10 Å². The maximum Gasteiger partial charge on any atom is 0.151 e. The topological polar surface area (TPSA) is 41.0 Å². The first-order valence-electron chi connectivity index (χ1n) is 7.61. The van der Waals surface area contributed by atoms with E-state index in [4.69, 9.17) is 0 Å². The van der Waals surface area contributed by atoms with Gasteiger partial charge in [0.2, 0.25) is 0 Å². The average molecular weight is 262 g/mol. The van der Waals surface area contributed by atoms with E-state index >= 15 is 0 Å². The van der Waals surface area contributed by atoms with Crippen LogP contribution in [0.1, 0.15) is 45.2 Å². The molecule has 1 saturated carbocycles. The predicted octanol–water partition coefficient (Wildman–Crippen LogP) is 2.60. The molecule has 0 radical (unpaired) electrons. The second-order valence-corrected chi connectivity index (χ2v) is 5.40. The lowest BCUT2D eigenvalue weighted by Gasteiger charge is -2.32. The van der Waals surface area contributed by atoms with Crippen molar-refractivity contribution < 1.29 is 0 Å². The summed E-state index contributed by atoms with van der Waals surface area (Å²) in [5, 5.41) is 12.0. The van der Waals surface area contributed by atoms with Crippen LogP contribution in [0.5, 0.6) is 0 Å². The molecule has 1 aromatic heterocycles. The third-order valence-electron chi connectivity index (χ3n) is 3.85. The normalized spacial score (nSPS) is 15.3. The lowest BCUT2D eigenvalue weighted by atomic mass is 9.85. The quantitative estimate of drug-likeness (QED) is 0.731. The Balaban J connectivity index is 1.87. The molecule has 0 spiro atoms. The lowest BCUT2D eigenvalue weighted by molar-refractivity contribution is 0.318. The van der Waals surface area contributed by atoms with Crippen molar-refractivity contribution in [2.75, 3.05) is 24.5 Å². The van der Waals surface area contributed by atoms with E-state index in [-0.39, 0.29) is 0 Å². The third-order valence-corrected chi connectivity index (χ3v) is 3.85. The molecule has 0 amide bonds. The van der Waals surface area contributed by atoms with Crippen molar-refractivity contribution in [3.8, 4) is 0 Å². The summed E-state index contributed by atoms with van der Waals surface area (Å²) in [4.78, 5) is 2.35. The smallest absolute Gasteiger partial charge is 0.151 e. The number of nitrogens with zero attached hydrogens (tertiary/aromatic N) is 3. The molecule has 1 fully saturated rings. The van der Waals surface area contributed by atoms with Crippen molar-refractivity contribution in [2.24, 2.45) is 5.92 Å². The minimum Gasteiger partial charge on any atom is -0.355 e. The van der Waals surface area contributed by atoms with Gasteiger partial charge in [0.05, 0.1) is 5.69 Å². The molecular formula is C15H26N4. The Labute approximate surface area is 116 Å². The number of hydrogen-bond acceptors (Lipinski definition) is 4. The SMILES string of the molecule is CCCNCc1ccc(N(CC)CC2CCC2)nn1. The van der Waals surface area contributed by atoms with Crippen LogP contribution in [0, 0.1) is 5.92 Å². The largest absolute Gasteiger partial charge is 0.355 e. The molecule has 1 N–H and O–H groups in total. The number of rotatable bonds is 8. The zero-order chi connectivity index (χ0) is 13.5. The Bertz CT molecular complexity index is 359. The third kappa shape index (κ3) is 4.16. The average Bonchev–Trinajstić information content (AvgIpc) is 2.39. The van der Waals surface area contributed by atoms with Crippen LogP contribution < -0.4 is 10.2 Å². The summed E-state index contributed by atoms with van der Waals surface area (Å²) in [6.07, 6.45) is 5.30. The summed E-state index contributed by atoms with van der Waals surface area (Å²) >= 11 is 0. The van der Waals surface area contributed by atoms with Gasteiger partial charge in [0.1, 0.15) is 0 Å². The van der Waals surface area contributed by atoms with Gasteiger partial charge in [-0.1, -0.05) is 13.3 Å². The predicted molar refractivity (Wildman–Crippen MR) is 79.3 cm³/mol. The number of hydrogen-bond donors (Lipinski definition) is 1. The monoisotopic (exact) mass is 262 g/mol. The van der Waals surface area contributed by atoms with E-state index in [1.54, 1.807) is 0 Å². The molecular weight excluding hydrogens is 236 g/mol. The highest BCUT2D eigenvalue weighted by molar-refractivity contribution is 5.37. The summed E-state index contributed by atoms with van der Waals surface area (Å²) in [5.74, 6) is 1.89. The van der Waals surface area contributed by atoms with Gasteiger partial charge in [0, 0.05) is 19.6 Å². The van der Waals surface area contributed by atoms with Crippen LogP contribution in [-0.2, 0) is 6.54 Å². The van der Waals surface area contributed by atoms with Crippen molar-refractivity contribution in [1.29, 1.82) is 0 Å². The van der Waals surface area contributed by atoms with Crippen molar-refractivity contribution in [3.05, 3.63) is 17.8 Å². The first-order valence-corrected chi connectivity index (χ1v) is 7.61. The van der Waals surface area contributed by atoms with Crippen molar-refractivity contribution in [1.82, 2.24) is 15.5 Å². The maximum atomic E-state index is 4.38. The minimum atomic E-state index is 0.815. The van der Waals surface area contributed by atoms with Gasteiger partial charge < -0.3 is 10.2 Å². The van der Waals surface area contributed by atoms with Crippen LogP contribution in [0.4, 0.5) is 5.82 Å².